The fraction of sp³-hybridized carbons (Fsp3) is 0. The Hall–Kier alpha value is -6.74. The van der Waals surface area contributed by atoms with Crippen molar-refractivity contribution in [3.8, 4) is 33.4 Å². The summed E-state index contributed by atoms with van der Waals surface area (Å²) in [4.78, 5) is 0. The van der Waals surface area contributed by atoms with Gasteiger partial charge in [0.05, 0.1) is 0 Å². The SMILES string of the molecule is C=Cc1c(-c2ccccc2)ccc(-c2c3ccccc3c(-c3ccc4c(c3)oc3ccc5ccc6sc7ccccc7c6c5c34)c3ccccc23)c1C=C. The van der Waals surface area contributed by atoms with E-state index in [9.17, 15) is 0 Å². The van der Waals surface area contributed by atoms with E-state index < -0.39 is 0 Å². The van der Waals surface area contributed by atoms with Gasteiger partial charge < -0.3 is 4.42 Å². The summed E-state index contributed by atoms with van der Waals surface area (Å²) in [6, 6.07) is 57.1. The Morgan fingerprint density at radius 1 is 0.407 bits per heavy atom. The highest BCUT2D eigenvalue weighted by Gasteiger charge is 2.22. The Balaban J connectivity index is 1.18. The maximum Gasteiger partial charge on any atom is 0.136 e. The average Bonchev–Trinajstić information content (AvgIpc) is 3.80. The zero-order valence-corrected chi connectivity index (χ0v) is 30.2. The van der Waals surface area contributed by atoms with Gasteiger partial charge in [-0.15, -0.1) is 11.3 Å². The Morgan fingerprint density at radius 2 is 1.02 bits per heavy atom. The molecule has 0 amide bonds. The molecule has 54 heavy (non-hydrogen) atoms. The van der Waals surface area contributed by atoms with Gasteiger partial charge in [-0.2, -0.15) is 0 Å². The second-order valence-corrected chi connectivity index (χ2v) is 15.1. The molecule has 0 bridgehead atoms. The quantitative estimate of drug-likeness (QED) is 0.163. The third kappa shape index (κ3) is 4.38. The minimum atomic E-state index is 0.893. The Morgan fingerprint density at radius 3 is 1.74 bits per heavy atom. The van der Waals surface area contributed by atoms with Crippen LogP contribution < -0.4 is 0 Å². The van der Waals surface area contributed by atoms with Crippen molar-refractivity contribution < 1.29 is 4.42 Å². The molecule has 2 heteroatoms. The highest BCUT2D eigenvalue weighted by molar-refractivity contribution is 7.26. The van der Waals surface area contributed by atoms with Crippen LogP contribution in [-0.2, 0) is 0 Å². The van der Waals surface area contributed by atoms with Crippen LogP contribution in [0.1, 0.15) is 11.1 Å². The van der Waals surface area contributed by atoms with E-state index in [1.54, 1.807) is 0 Å². The summed E-state index contributed by atoms with van der Waals surface area (Å²) in [6.07, 6.45) is 3.96. The fourth-order valence-electron chi connectivity index (χ4n) is 8.95. The minimum Gasteiger partial charge on any atom is -0.456 e. The highest BCUT2D eigenvalue weighted by atomic mass is 32.1. The zero-order chi connectivity index (χ0) is 35.9. The van der Waals surface area contributed by atoms with Crippen LogP contribution in [0.4, 0.5) is 0 Å². The third-order valence-corrected chi connectivity index (χ3v) is 12.4. The first kappa shape index (κ1) is 30.8. The van der Waals surface area contributed by atoms with Gasteiger partial charge in [-0.1, -0.05) is 153 Å². The minimum absolute atomic E-state index is 0.893. The molecule has 0 aliphatic carbocycles. The van der Waals surface area contributed by atoms with Crippen molar-refractivity contribution >= 4 is 97.9 Å². The summed E-state index contributed by atoms with van der Waals surface area (Å²) in [5.41, 5.74) is 11.0. The van der Waals surface area contributed by atoms with Gasteiger partial charge in [0.15, 0.2) is 0 Å². The summed E-state index contributed by atoms with van der Waals surface area (Å²) < 4.78 is 9.37. The lowest BCUT2D eigenvalue weighted by molar-refractivity contribution is 0.669. The lowest BCUT2D eigenvalue weighted by Gasteiger charge is -2.21. The summed E-state index contributed by atoms with van der Waals surface area (Å²) >= 11 is 1.86. The Kier molecular flexibility index (Phi) is 6.79. The van der Waals surface area contributed by atoms with Crippen LogP contribution >= 0.6 is 11.3 Å². The van der Waals surface area contributed by atoms with Crippen LogP contribution in [0.3, 0.4) is 0 Å². The second-order valence-electron chi connectivity index (χ2n) is 14.0. The summed E-state index contributed by atoms with van der Waals surface area (Å²) in [6.45, 7) is 8.59. The molecule has 0 saturated carbocycles. The standard InChI is InChI=1S/C52H32OS/c1-3-34-35(4-2)41(27-26-36(34)31-14-6-5-7-15-31)50-39-18-10-8-16-37(39)48(38-17-9-11-19-40(38)50)33-22-25-42-45(30-33)53-44-28-23-32-24-29-47-52(49(32)51(42)44)43-20-12-13-21-46(43)54-47/h3-30H,1-2H2. The van der Waals surface area contributed by atoms with Gasteiger partial charge in [-0.25, -0.2) is 0 Å². The molecule has 0 aliphatic rings. The largest absolute Gasteiger partial charge is 0.456 e. The van der Waals surface area contributed by atoms with Gasteiger partial charge in [-0.3, -0.25) is 0 Å². The molecule has 11 rings (SSSR count). The molecular weight excluding hydrogens is 673 g/mol. The molecule has 0 fully saturated rings. The number of hydrogen-bond acceptors (Lipinski definition) is 2. The lowest BCUT2D eigenvalue weighted by Crippen LogP contribution is -1.95. The Labute approximate surface area is 316 Å². The first-order valence-corrected chi connectivity index (χ1v) is 19.1. The topological polar surface area (TPSA) is 13.1 Å². The van der Waals surface area contributed by atoms with Gasteiger partial charge >= 0.3 is 0 Å². The molecule has 0 atom stereocenters. The van der Waals surface area contributed by atoms with Crippen LogP contribution in [0.25, 0.3) is 120 Å². The van der Waals surface area contributed by atoms with Crippen molar-refractivity contribution in [1.29, 1.82) is 0 Å². The van der Waals surface area contributed by atoms with Gasteiger partial charge in [-0.05, 0) is 102 Å². The molecule has 1 nitrogen and oxygen atoms in total. The first-order valence-electron chi connectivity index (χ1n) is 18.3. The van der Waals surface area contributed by atoms with Gasteiger partial charge in [0, 0.05) is 36.3 Å². The van der Waals surface area contributed by atoms with Crippen LogP contribution in [0.5, 0.6) is 0 Å². The van der Waals surface area contributed by atoms with Crippen LogP contribution in [0, 0.1) is 0 Å². The number of furan rings is 1. The van der Waals surface area contributed by atoms with Crippen LogP contribution in [-0.4, -0.2) is 0 Å². The van der Waals surface area contributed by atoms with Crippen molar-refractivity contribution in [1.82, 2.24) is 0 Å². The molecule has 0 radical (unpaired) electrons. The van der Waals surface area contributed by atoms with E-state index in [0.717, 1.165) is 49.9 Å². The van der Waals surface area contributed by atoms with Crippen molar-refractivity contribution in [2.75, 3.05) is 0 Å². The highest BCUT2D eigenvalue weighted by Crippen LogP contribution is 2.48. The summed E-state index contributed by atoms with van der Waals surface area (Å²) in [5, 5.41) is 12.2. The second kappa shape index (κ2) is 11.9. The predicted molar refractivity (Wildman–Crippen MR) is 236 cm³/mol. The van der Waals surface area contributed by atoms with E-state index in [-0.39, 0.29) is 0 Å². The number of thiophene rings is 1. The van der Waals surface area contributed by atoms with Crippen molar-refractivity contribution in [2.24, 2.45) is 0 Å². The zero-order valence-electron chi connectivity index (χ0n) is 29.4. The molecule has 252 valence electrons. The summed E-state index contributed by atoms with van der Waals surface area (Å²) in [7, 11) is 0. The molecule has 2 aromatic heterocycles. The molecule has 0 saturated heterocycles. The number of rotatable bonds is 5. The molecule has 0 unspecified atom stereocenters. The lowest BCUT2D eigenvalue weighted by atomic mass is 9.82. The molecule has 0 aliphatic heterocycles. The monoisotopic (exact) mass is 704 g/mol. The van der Waals surface area contributed by atoms with Crippen molar-refractivity contribution in [3.05, 3.63) is 182 Å². The molecule has 0 spiro atoms. The average molecular weight is 705 g/mol. The van der Waals surface area contributed by atoms with E-state index in [4.69, 9.17) is 4.42 Å². The Bertz CT molecular complexity index is 3300. The maximum atomic E-state index is 6.76. The fourth-order valence-corrected chi connectivity index (χ4v) is 10.1. The smallest absolute Gasteiger partial charge is 0.136 e. The van der Waals surface area contributed by atoms with Crippen molar-refractivity contribution in [2.45, 2.75) is 0 Å². The maximum absolute atomic E-state index is 6.76. The number of hydrogen-bond donors (Lipinski definition) is 0. The van der Waals surface area contributed by atoms with Crippen LogP contribution in [0.15, 0.2) is 175 Å². The van der Waals surface area contributed by atoms with Crippen molar-refractivity contribution in [3.63, 3.8) is 0 Å². The molecule has 9 aromatic carbocycles. The van der Waals surface area contributed by atoms with E-state index >= 15 is 0 Å². The molecule has 2 heterocycles. The van der Waals surface area contributed by atoms with E-state index in [1.165, 1.54) is 69.0 Å². The predicted octanol–water partition coefficient (Wildman–Crippen LogP) is 15.7. The molecule has 11 aromatic rings. The van der Waals surface area contributed by atoms with Crippen LogP contribution in [0.2, 0.25) is 0 Å². The van der Waals surface area contributed by atoms with E-state index in [2.05, 4.69) is 171 Å². The van der Waals surface area contributed by atoms with E-state index in [0.29, 0.717) is 0 Å². The third-order valence-electron chi connectivity index (χ3n) is 11.2. The summed E-state index contributed by atoms with van der Waals surface area (Å²) in [5.74, 6) is 0. The van der Waals surface area contributed by atoms with Gasteiger partial charge in [0.2, 0.25) is 0 Å². The molecule has 0 N–H and O–H groups in total. The number of benzene rings is 9. The first-order chi connectivity index (χ1) is 26.7. The van der Waals surface area contributed by atoms with E-state index in [1.807, 2.05) is 23.5 Å². The van der Waals surface area contributed by atoms with Gasteiger partial charge in [0.1, 0.15) is 11.2 Å². The molecular formula is C52H32OS. The van der Waals surface area contributed by atoms with Gasteiger partial charge in [0.25, 0.3) is 0 Å². The normalized spacial score (nSPS) is 11.9. The number of fused-ring (bicyclic) bond motifs is 11.